The highest BCUT2D eigenvalue weighted by molar-refractivity contribution is 7.92. The van der Waals surface area contributed by atoms with Gasteiger partial charge in [0.15, 0.2) is 0 Å². The van der Waals surface area contributed by atoms with Gasteiger partial charge in [0.2, 0.25) is 0 Å². The summed E-state index contributed by atoms with van der Waals surface area (Å²) in [6.45, 7) is 1.73. The number of hydrogen-bond acceptors (Lipinski definition) is 4. The molecule has 0 atom stereocenters. The van der Waals surface area contributed by atoms with Gasteiger partial charge < -0.3 is 5.32 Å². The summed E-state index contributed by atoms with van der Waals surface area (Å²) >= 11 is 0. The van der Waals surface area contributed by atoms with Crippen LogP contribution in [0.4, 0.5) is 11.4 Å². The highest BCUT2D eigenvalue weighted by atomic mass is 32.2. The van der Waals surface area contributed by atoms with Crippen LogP contribution >= 0.6 is 0 Å². The van der Waals surface area contributed by atoms with E-state index in [2.05, 4.69) is 16.1 Å². The third kappa shape index (κ3) is 5.00. The summed E-state index contributed by atoms with van der Waals surface area (Å²) in [4.78, 5) is 12.7. The fourth-order valence-corrected chi connectivity index (χ4v) is 3.88. The highest BCUT2D eigenvalue weighted by Crippen LogP contribution is 2.21. The summed E-state index contributed by atoms with van der Waals surface area (Å²) in [5.41, 5.74) is 2.93. The first-order valence-electron chi connectivity index (χ1n) is 8.85. The number of rotatable bonds is 6. The van der Waals surface area contributed by atoms with E-state index in [9.17, 15) is 13.2 Å². The van der Waals surface area contributed by atoms with Crippen molar-refractivity contribution < 1.29 is 13.2 Å². The van der Waals surface area contributed by atoms with Crippen LogP contribution in [0.3, 0.4) is 0 Å². The maximum atomic E-state index is 12.5. The summed E-state index contributed by atoms with van der Waals surface area (Å²) in [6, 6.07) is 22.0. The fraction of sp³-hybridized carbons (Fsp3) is 0.0909. The van der Waals surface area contributed by atoms with Gasteiger partial charge in [0.05, 0.1) is 23.1 Å². The van der Waals surface area contributed by atoms with E-state index in [0.29, 0.717) is 28.9 Å². The van der Waals surface area contributed by atoms with E-state index in [1.807, 2.05) is 0 Å². The van der Waals surface area contributed by atoms with Crippen molar-refractivity contribution in [2.75, 3.05) is 10.0 Å². The molecule has 1 amide bonds. The molecule has 0 aliphatic carbocycles. The lowest BCUT2D eigenvalue weighted by Gasteiger charge is -2.12. The number of hydrogen-bond donors (Lipinski definition) is 2. The van der Waals surface area contributed by atoms with Gasteiger partial charge in [-0.1, -0.05) is 30.3 Å². The number of nitriles is 1. The molecule has 0 bridgehead atoms. The number of carbonyl (C=O) groups is 1. The van der Waals surface area contributed by atoms with Gasteiger partial charge in [-0.3, -0.25) is 9.52 Å². The molecule has 2 N–H and O–H groups in total. The van der Waals surface area contributed by atoms with Crippen LogP contribution in [0.2, 0.25) is 0 Å². The van der Waals surface area contributed by atoms with Gasteiger partial charge in [0.25, 0.3) is 15.9 Å². The van der Waals surface area contributed by atoms with E-state index in [1.165, 1.54) is 12.1 Å². The number of amides is 1. The van der Waals surface area contributed by atoms with E-state index >= 15 is 0 Å². The van der Waals surface area contributed by atoms with Crippen molar-refractivity contribution >= 4 is 27.3 Å². The van der Waals surface area contributed by atoms with E-state index in [-0.39, 0.29) is 10.8 Å². The first kappa shape index (κ1) is 20.1. The Balaban J connectivity index is 1.73. The largest absolute Gasteiger partial charge is 0.322 e. The van der Waals surface area contributed by atoms with Crippen LogP contribution in [0.25, 0.3) is 0 Å². The van der Waals surface area contributed by atoms with E-state index < -0.39 is 10.0 Å². The van der Waals surface area contributed by atoms with Crippen LogP contribution in [0.15, 0.2) is 77.7 Å². The SMILES string of the molecule is Cc1cc(C(=O)Nc2ccc(CC#N)cc2)ccc1NS(=O)(=O)c1ccccc1. The number of nitrogens with zero attached hydrogens (tertiary/aromatic N) is 1. The molecule has 146 valence electrons. The van der Waals surface area contributed by atoms with Crippen LogP contribution in [0.1, 0.15) is 21.5 Å². The van der Waals surface area contributed by atoms with Gasteiger partial charge in [-0.2, -0.15) is 5.26 Å². The van der Waals surface area contributed by atoms with Crippen molar-refractivity contribution in [3.05, 3.63) is 89.5 Å². The molecule has 0 unspecified atom stereocenters. The van der Waals surface area contributed by atoms with Crippen molar-refractivity contribution in [1.82, 2.24) is 0 Å². The second kappa shape index (κ2) is 8.59. The Morgan fingerprint density at radius 1 is 1.00 bits per heavy atom. The predicted molar refractivity (Wildman–Crippen MR) is 112 cm³/mol. The van der Waals surface area contributed by atoms with Crippen molar-refractivity contribution in [2.45, 2.75) is 18.2 Å². The molecular weight excluding hydrogens is 386 g/mol. The van der Waals surface area contributed by atoms with Crippen molar-refractivity contribution in [3.8, 4) is 6.07 Å². The average Bonchev–Trinajstić information content (AvgIpc) is 2.71. The fourth-order valence-electron chi connectivity index (χ4n) is 2.72. The third-order valence-corrected chi connectivity index (χ3v) is 5.66. The molecule has 0 spiro atoms. The minimum absolute atomic E-state index is 0.168. The molecule has 7 heteroatoms. The molecule has 0 aliphatic heterocycles. The molecule has 6 nitrogen and oxygen atoms in total. The molecule has 3 rings (SSSR count). The van der Waals surface area contributed by atoms with E-state index in [4.69, 9.17) is 5.26 Å². The zero-order chi connectivity index (χ0) is 20.9. The zero-order valence-corrected chi connectivity index (χ0v) is 16.5. The van der Waals surface area contributed by atoms with Crippen molar-refractivity contribution in [3.63, 3.8) is 0 Å². The molecule has 0 saturated carbocycles. The number of carbonyl (C=O) groups excluding carboxylic acids is 1. The third-order valence-electron chi connectivity index (χ3n) is 4.28. The van der Waals surface area contributed by atoms with Gasteiger partial charge in [-0.05, 0) is 60.5 Å². The summed E-state index contributed by atoms with van der Waals surface area (Å²) in [5.74, 6) is -0.307. The Labute approximate surface area is 169 Å². The van der Waals surface area contributed by atoms with Crippen molar-refractivity contribution in [1.29, 1.82) is 5.26 Å². The van der Waals surface area contributed by atoms with Crippen molar-refractivity contribution in [2.24, 2.45) is 0 Å². The maximum absolute atomic E-state index is 12.5. The van der Waals surface area contributed by atoms with Crippen LogP contribution < -0.4 is 10.0 Å². The van der Waals surface area contributed by atoms with Gasteiger partial charge in [-0.15, -0.1) is 0 Å². The summed E-state index contributed by atoms with van der Waals surface area (Å²) < 4.78 is 27.5. The molecular formula is C22H19N3O3S. The first-order chi connectivity index (χ1) is 13.9. The van der Waals surface area contributed by atoms with Crippen LogP contribution in [0, 0.1) is 18.3 Å². The van der Waals surface area contributed by atoms with Crippen LogP contribution in [-0.2, 0) is 16.4 Å². The van der Waals surface area contributed by atoms with Crippen LogP contribution in [-0.4, -0.2) is 14.3 Å². The first-order valence-corrected chi connectivity index (χ1v) is 10.3. The predicted octanol–water partition coefficient (Wildman–Crippen LogP) is 4.11. The molecule has 3 aromatic carbocycles. The second-order valence-electron chi connectivity index (χ2n) is 6.43. The smallest absolute Gasteiger partial charge is 0.261 e. The molecule has 29 heavy (non-hydrogen) atoms. The van der Waals surface area contributed by atoms with Gasteiger partial charge >= 0.3 is 0 Å². The Hall–Kier alpha value is -3.63. The Bertz CT molecular complexity index is 1170. The number of aryl methyl sites for hydroxylation is 1. The molecule has 3 aromatic rings. The summed E-state index contributed by atoms with van der Waals surface area (Å²) in [6.07, 6.45) is 0.313. The monoisotopic (exact) mass is 405 g/mol. The second-order valence-corrected chi connectivity index (χ2v) is 8.12. The normalized spacial score (nSPS) is 10.8. The summed E-state index contributed by atoms with van der Waals surface area (Å²) in [7, 11) is -3.70. The molecule has 0 aliphatic rings. The Morgan fingerprint density at radius 2 is 1.69 bits per heavy atom. The lowest BCUT2D eigenvalue weighted by Crippen LogP contribution is -2.15. The minimum Gasteiger partial charge on any atom is -0.322 e. The summed E-state index contributed by atoms with van der Waals surface area (Å²) in [5, 5.41) is 11.5. The van der Waals surface area contributed by atoms with E-state index in [0.717, 1.165) is 5.56 Å². The van der Waals surface area contributed by atoms with Crippen LogP contribution in [0.5, 0.6) is 0 Å². The standard InChI is InChI=1S/C22H19N3O3S/c1-16-15-18(22(26)24-19-10-7-17(8-11-19)13-14-23)9-12-21(16)25-29(27,28)20-5-3-2-4-6-20/h2-12,15,25H,13H2,1H3,(H,24,26). The van der Waals surface area contributed by atoms with Gasteiger partial charge in [0, 0.05) is 11.3 Å². The van der Waals surface area contributed by atoms with Gasteiger partial charge in [0.1, 0.15) is 0 Å². The lowest BCUT2D eigenvalue weighted by atomic mass is 10.1. The topological polar surface area (TPSA) is 99.1 Å². The molecule has 0 radical (unpaired) electrons. The van der Waals surface area contributed by atoms with Gasteiger partial charge in [-0.25, -0.2) is 8.42 Å². The highest BCUT2D eigenvalue weighted by Gasteiger charge is 2.16. The quantitative estimate of drug-likeness (QED) is 0.644. The minimum atomic E-state index is -3.70. The molecule has 0 aromatic heterocycles. The molecule has 0 fully saturated rings. The Morgan fingerprint density at radius 3 is 2.31 bits per heavy atom. The maximum Gasteiger partial charge on any atom is 0.261 e. The molecule has 0 heterocycles. The zero-order valence-electron chi connectivity index (χ0n) is 15.7. The Kier molecular flexibility index (Phi) is 5.96. The number of sulfonamides is 1. The average molecular weight is 405 g/mol. The molecule has 0 saturated heterocycles. The van der Waals surface area contributed by atoms with E-state index in [1.54, 1.807) is 67.6 Å². The lowest BCUT2D eigenvalue weighted by molar-refractivity contribution is 0.102. The number of benzene rings is 3. The number of anilines is 2. The number of nitrogens with one attached hydrogen (secondary N) is 2.